The summed E-state index contributed by atoms with van der Waals surface area (Å²) in [7, 11) is 0. The molecule has 0 unspecified atom stereocenters. The summed E-state index contributed by atoms with van der Waals surface area (Å²) in [5.41, 5.74) is 10.8. The summed E-state index contributed by atoms with van der Waals surface area (Å²) >= 11 is 0. The predicted octanol–water partition coefficient (Wildman–Crippen LogP) is -0.0385. The number of likely N-dealkylation sites (tertiary alicyclic amines) is 1. The summed E-state index contributed by atoms with van der Waals surface area (Å²) in [6, 6.07) is 0.201. The van der Waals surface area contributed by atoms with Crippen LogP contribution in [0.4, 0.5) is 0 Å². The molecule has 2 amide bonds. The minimum Gasteiger partial charge on any atom is -0.369 e. The molecule has 1 saturated heterocycles. The van der Waals surface area contributed by atoms with Crippen LogP contribution in [0.1, 0.15) is 44.9 Å². The molecule has 1 saturated carbocycles. The molecule has 2 rings (SSSR count). The second kappa shape index (κ2) is 7.22. The van der Waals surface area contributed by atoms with E-state index in [-0.39, 0.29) is 23.3 Å². The first kappa shape index (κ1) is 16.2. The molecule has 0 aromatic carbocycles. The molecule has 0 aromatic rings. The Morgan fingerprint density at radius 2 is 1.76 bits per heavy atom. The van der Waals surface area contributed by atoms with Crippen molar-refractivity contribution in [2.24, 2.45) is 16.9 Å². The normalized spacial score (nSPS) is 23.7. The Morgan fingerprint density at radius 3 is 2.29 bits per heavy atom. The monoisotopic (exact) mass is 296 g/mol. The van der Waals surface area contributed by atoms with E-state index in [4.69, 9.17) is 11.5 Å². The zero-order valence-corrected chi connectivity index (χ0v) is 12.8. The van der Waals surface area contributed by atoms with Gasteiger partial charge in [0, 0.05) is 25.7 Å². The molecule has 6 nitrogen and oxygen atoms in total. The predicted molar refractivity (Wildman–Crippen MR) is 81.4 cm³/mol. The minimum absolute atomic E-state index is 0.137. The second-order valence-corrected chi connectivity index (χ2v) is 6.54. The van der Waals surface area contributed by atoms with E-state index in [1.54, 1.807) is 0 Å². The van der Waals surface area contributed by atoms with Crippen molar-refractivity contribution in [2.75, 3.05) is 26.2 Å². The largest absolute Gasteiger partial charge is 0.369 e. The minimum atomic E-state index is -0.345. The fraction of sp³-hybridized carbons (Fsp3) is 0.867. The molecule has 2 fully saturated rings. The van der Waals surface area contributed by atoms with Gasteiger partial charge in [-0.2, -0.15) is 0 Å². The first-order chi connectivity index (χ1) is 10.1. The highest BCUT2D eigenvalue weighted by Crippen LogP contribution is 2.35. The van der Waals surface area contributed by atoms with E-state index in [1.165, 1.54) is 6.42 Å². The fourth-order valence-corrected chi connectivity index (χ4v) is 3.55. The van der Waals surface area contributed by atoms with Crippen molar-refractivity contribution in [3.63, 3.8) is 0 Å². The maximum Gasteiger partial charge on any atom is 0.231 e. The first-order valence-electron chi connectivity index (χ1n) is 8.07. The Kier molecular flexibility index (Phi) is 5.58. The second-order valence-electron chi connectivity index (χ2n) is 6.54. The van der Waals surface area contributed by atoms with E-state index in [1.807, 2.05) is 4.90 Å². The molecule has 1 aliphatic carbocycles. The highest BCUT2D eigenvalue weighted by atomic mass is 16.2. The summed E-state index contributed by atoms with van der Waals surface area (Å²) in [5, 5.41) is 3.19. The van der Waals surface area contributed by atoms with E-state index in [0.29, 0.717) is 13.1 Å². The van der Waals surface area contributed by atoms with Crippen LogP contribution < -0.4 is 16.8 Å². The van der Waals surface area contributed by atoms with E-state index in [9.17, 15) is 9.59 Å². The lowest BCUT2D eigenvalue weighted by Gasteiger charge is -2.38. The van der Waals surface area contributed by atoms with Crippen LogP contribution in [0.15, 0.2) is 0 Å². The van der Waals surface area contributed by atoms with E-state index in [0.717, 1.165) is 51.6 Å². The number of hydrogen-bond donors (Lipinski definition) is 3. The lowest BCUT2D eigenvalue weighted by Crippen LogP contribution is -2.53. The Balaban J connectivity index is 1.82. The number of nitrogens with zero attached hydrogens (tertiary/aromatic N) is 1. The molecule has 0 spiro atoms. The van der Waals surface area contributed by atoms with Gasteiger partial charge in [0.2, 0.25) is 11.8 Å². The summed E-state index contributed by atoms with van der Waals surface area (Å²) in [4.78, 5) is 25.6. The molecular weight excluding hydrogens is 268 g/mol. The lowest BCUT2D eigenvalue weighted by molar-refractivity contribution is -0.133. The molecule has 0 atom stereocenters. The van der Waals surface area contributed by atoms with Crippen molar-refractivity contribution in [2.45, 2.75) is 51.0 Å². The number of carbonyl (C=O) groups is 2. The van der Waals surface area contributed by atoms with Gasteiger partial charge in [-0.05, 0) is 25.7 Å². The summed E-state index contributed by atoms with van der Waals surface area (Å²) in [6.07, 6.45) is 6.98. The lowest BCUT2D eigenvalue weighted by atomic mass is 9.73. The highest BCUT2D eigenvalue weighted by molar-refractivity contribution is 5.83. The third-order valence-electron chi connectivity index (χ3n) is 4.99. The zero-order valence-electron chi connectivity index (χ0n) is 12.8. The van der Waals surface area contributed by atoms with Crippen LogP contribution in [0.3, 0.4) is 0 Å². The van der Waals surface area contributed by atoms with Gasteiger partial charge in [0.1, 0.15) is 0 Å². The summed E-state index contributed by atoms with van der Waals surface area (Å²) < 4.78 is 0. The topological polar surface area (TPSA) is 101 Å². The number of carbonyl (C=O) groups excluding carboxylic acids is 2. The zero-order chi connectivity index (χ0) is 15.3. The molecule has 120 valence electrons. The number of nitrogens with two attached hydrogens (primary N) is 2. The maximum atomic E-state index is 12.6. The van der Waals surface area contributed by atoms with Gasteiger partial charge in [0.15, 0.2) is 0 Å². The third kappa shape index (κ3) is 4.17. The Labute approximate surface area is 126 Å². The SMILES string of the molecule is NCC1(C(=O)NC2CCN(CC(N)=O)CC2)CCCCC1. The number of piperidine rings is 1. The van der Waals surface area contributed by atoms with Gasteiger partial charge in [-0.1, -0.05) is 19.3 Å². The van der Waals surface area contributed by atoms with Crippen LogP contribution in [0.25, 0.3) is 0 Å². The van der Waals surface area contributed by atoms with Gasteiger partial charge >= 0.3 is 0 Å². The first-order valence-corrected chi connectivity index (χ1v) is 8.07. The molecule has 5 N–H and O–H groups in total. The van der Waals surface area contributed by atoms with Crippen LogP contribution in [-0.4, -0.2) is 48.9 Å². The van der Waals surface area contributed by atoms with E-state index in [2.05, 4.69) is 5.32 Å². The molecule has 6 heteroatoms. The van der Waals surface area contributed by atoms with Crippen molar-refractivity contribution in [3.05, 3.63) is 0 Å². The smallest absolute Gasteiger partial charge is 0.231 e. The van der Waals surface area contributed by atoms with Gasteiger partial charge in [-0.3, -0.25) is 14.5 Å². The summed E-state index contributed by atoms with van der Waals surface area (Å²) in [5.74, 6) is -0.153. The van der Waals surface area contributed by atoms with Crippen LogP contribution in [0.5, 0.6) is 0 Å². The fourth-order valence-electron chi connectivity index (χ4n) is 3.55. The van der Waals surface area contributed by atoms with Crippen LogP contribution in [-0.2, 0) is 9.59 Å². The molecule has 1 heterocycles. The third-order valence-corrected chi connectivity index (χ3v) is 4.99. The molecular formula is C15H28N4O2. The maximum absolute atomic E-state index is 12.6. The highest BCUT2D eigenvalue weighted by Gasteiger charge is 2.39. The molecule has 0 radical (unpaired) electrons. The quantitative estimate of drug-likeness (QED) is 0.662. The van der Waals surface area contributed by atoms with Crippen molar-refractivity contribution < 1.29 is 9.59 Å². The molecule has 0 bridgehead atoms. The Morgan fingerprint density at radius 1 is 1.14 bits per heavy atom. The standard InChI is InChI=1S/C15H28N4O2/c16-11-15(6-2-1-3-7-15)14(21)18-12-4-8-19(9-5-12)10-13(17)20/h12H,1-11,16H2,(H2,17,20)(H,18,21). The van der Waals surface area contributed by atoms with Gasteiger partial charge in [0.05, 0.1) is 12.0 Å². The van der Waals surface area contributed by atoms with Crippen molar-refractivity contribution >= 4 is 11.8 Å². The molecule has 0 aromatic heterocycles. The van der Waals surface area contributed by atoms with Crippen LogP contribution in [0.2, 0.25) is 0 Å². The van der Waals surface area contributed by atoms with Crippen molar-refractivity contribution in [1.29, 1.82) is 0 Å². The number of primary amides is 1. The number of rotatable bonds is 5. The van der Waals surface area contributed by atoms with Gasteiger partial charge < -0.3 is 16.8 Å². The Hall–Kier alpha value is -1.14. The number of amides is 2. The van der Waals surface area contributed by atoms with Crippen LogP contribution >= 0.6 is 0 Å². The van der Waals surface area contributed by atoms with E-state index < -0.39 is 0 Å². The van der Waals surface area contributed by atoms with Crippen LogP contribution in [0, 0.1) is 5.41 Å². The van der Waals surface area contributed by atoms with Crippen molar-refractivity contribution in [1.82, 2.24) is 10.2 Å². The van der Waals surface area contributed by atoms with Crippen molar-refractivity contribution in [3.8, 4) is 0 Å². The molecule has 2 aliphatic rings. The molecule has 21 heavy (non-hydrogen) atoms. The van der Waals surface area contributed by atoms with E-state index >= 15 is 0 Å². The summed E-state index contributed by atoms with van der Waals surface area (Å²) in [6.45, 7) is 2.37. The van der Waals surface area contributed by atoms with Gasteiger partial charge in [-0.15, -0.1) is 0 Å². The number of nitrogens with one attached hydrogen (secondary N) is 1. The Bertz CT molecular complexity index is 372. The van der Waals surface area contributed by atoms with Gasteiger partial charge in [-0.25, -0.2) is 0 Å². The van der Waals surface area contributed by atoms with Gasteiger partial charge in [0.25, 0.3) is 0 Å². The average Bonchev–Trinajstić information content (AvgIpc) is 2.49. The average molecular weight is 296 g/mol. The molecule has 1 aliphatic heterocycles. The number of hydrogen-bond acceptors (Lipinski definition) is 4.